The predicted molar refractivity (Wildman–Crippen MR) is 61.2 cm³/mol. The molecule has 0 spiro atoms. The highest BCUT2D eigenvalue weighted by molar-refractivity contribution is 6.67. The smallest absolute Gasteiger partial charge is 0.211 e. The van der Waals surface area contributed by atoms with Crippen LogP contribution in [0.25, 0.3) is 0 Å². The second kappa shape index (κ2) is 5.26. The molecule has 0 fully saturated rings. The van der Waals surface area contributed by atoms with Crippen LogP contribution in [0.15, 0.2) is 28.2 Å². The Kier molecular flexibility index (Phi) is 4.25. The maximum atomic E-state index is 10.2. The minimum Gasteiger partial charge on any atom is -0.211 e. The van der Waals surface area contributed by atoms with Gasteiger partial charge in [0.2, 0.25) is 16.0 Å². The van der Waals surface area contributed by atoms with E-state index in [1.54, 1.807) is 0 Å². The van der Waals surface area contributed by atoms with Crippen LogP contribution in [0.3, 0.4) is 0 Å². The van der Waals surface area contributed by atoms with Gasteiger partial charge in [-0.1, -0.05) is 46.9 Å². The monoisotopic (exact) mass is 276 g/mol. The number of isocyanates is 2. The molecule has 0 bridgehead atoms. The number of alkyl halides is 3. The molecule has 0 saturated carbocycles. The molecule has 0 saturated heterocycles. The van der Waals surface area contributed by atoms with Crippen molar-refractivity contribution in [3.05, 3.63) is 23.8 Å². The number of hydrogen-bond acceptors (Lipinski definition) is 4. The van der Waals surface area contributed by atoms with E-state index in [0.29, 0.717) is 0 Å². The number of aliphatic imine (C=N–C) groups is 2. The van der Waals surface area contributed by atoms with Crippen LogP contribution in [0, 0.1) is 0 Å². The van der Waals surface area contributed by atoms with Gasteiger partial charge < -0.3 is 0 Å². The molecule has 0 N–H and O–H groups in total. The Hall–Kier alpha value is -1.15. The number of hydrogen-bond donors (Lipinski definition) is 0. The molecule has 1 aromatic rings. The van der Waals surface area contributed by atoms with Crippen LogP contribution in [0.2, 0.25) is 0 Å². The zero-order valence-corrected chi connectivity index (χ0v) is 9.84. The van der Waals surface area contributed by atoms with E-state index in [1.807, 2.05) is 0 Å². The van der Waals surface area contributed by atoms with Gasteiger partial charge in [-0.2, -0.15) is 9.98 Å². The van der Waals surface area contributed by atoms with Crippen LogP contribution < -0.4 is 0 Å². The molecule has 82 valence electrons. The van der Waals surface area contributed by atoms with Gasteiger partial charge in [-0.3, -0.25) is 0 Å². The third kappa shape index (κ3) is 2.92. The number of halogens is 3. The summed E-state index contributed by atoms with van der Waals surface area (Å²) < 4.78 is -1.77. The molecule has 0 aromatic heterocycles. The van der Waals surface area contributed by atoms with E-state index in [2.05, 4.69) is 9.98 Å². The van der Waals surface area contributed by atoms with Gasteiger partial charge in [-0.15, -0.1) is 0 Å². The standard InChI is InChI=1S/C9H3Cl3N2O2/c10-9(11,12)6-2-1-3-7(13-4-15)8(6)14-5-16/h1-3H. The van der Waals surface area contributed by atoms with E-state index in [-0.39, 0.29) is 16.9 Å². The molecule has 4 nitrogen and oxygen atoms in total. The average Bonchev–Trinajstić information content (AvgIpc) is 2.19. The molecule has 1 rings (SSSR count). The second-order valence-electron chi connectivity index (χ2n) is 2.58. The van der Waals surface area contributed by atoms with Crippen LogP contribution in [0.5, 0.6) is 0 Å². The van der Waals surface area contributed by atoms with Gasteiger partial charge in [0, 0.05) is 5.56 Å². The minimum absolute atomic E-state index is 0.0131. The van der Waals surface area contributed by atoms with Crippen LogP contribution in [0.4, 0.5) is 11.4 Å². The number of para-hydroxylation sites is 1. The fraction of sp³-hybridized carbons (Fsp3) is 0.111. The lowest BCUT2D eigenvalue weighted by Crippen LogP contribution is -2.00. The first kappa shape index (κ1) is 12.9. The van der Waals surface area contributed by atoms with Gasteiger partial charge in [0.1, 0.15) is 11.4 Å². The summed E-state index contributed by atoms with van der Waals surface area (Å²) >= 11 is 17.0. The topological polar surface area (TPSA) is 58.9 Å². The lowest BCUT2D eigenvalue weighted by molar-refractivity contribution is 0.564. The third-order valence-electron chi connectivity index (χ3n) is 1.64. The third-order valence-corrected chi connectivity index (χ3v) is 2.25. The summed E-state index contributed by atoms with van der Waals surface area (Å²) in [6.45, 7) is 0. The van der Waals surface area contributed by atoms with Gasteiger partial charge in [-0.05, 0) is 6.07 Å². The highest BCUT2D eigenvalue weighted by atomic mass is 35.6. The Labute approximate surface area is 106 Å². The van der Waals surface area contributed by atoms with E-state index in [1.165, 1.54) is 30.4 Å². The molecule has 0 heterocycles. The highest BCUT2D eigenvalue weighted by Gasteiger charge is 2.27. The number of carbonyl (C=O) groups excluding carboxylic acids is 2. The number of rotatable bonds is 2. The summed E-state index contributed by atoms with van der Waals surface area (Å²) in [5.41, 5.74) is 0.209. The van der Waals surface area contributed by atoms with Gasteiger partial charge in [-0.25, -0.2) is 9.59 Å². The van der Waals surface area contributed by atoms with Crippen molar-refractivity contribution in [2.75, 3.05) is 0 Å². The summed E-state index contributed by atoms with van der Waals surface area (Å²) in [7, 11) is 0. The molecule has 7 heteroatoms. The lowest BCUT2D eigenvalue weighted by atomic mass is 10.1. The van der Waals surface area contributed by atoms with Gasteiger partial charge >= 0.3 is 0 Å². The summed E-state index contributed by atoms with van der Waals surface area (Å²) in [6, 6.07) is 4.39. The van der Waals surface area contributed by atoms with Gasteiger partial charge in [0.25, 0.3) is 0 Å². The summed E-state index contributed by atoms with van der Waals surface area (Å²) in [5, 5.41) is 0. The van der Waals surface area contributed by atoms with Gasteiger partial charge in [0.05, 0.1) is 0 Å². The highest BCUT2D eigenvalue weighted by Crippen LogP contribution is 2.46. The molecule has 0 atom stereocenters. The normalized spacial score (nSPS) is 10.2. The van der Waals surface area contributed by atoms with E-state index < -0.39 is 3.79 Å². The van der Waals surface area contributed by atoms with Crippen LogP contribution in [-0.2, 0) is 13.4 Å². The van der Waals surface area contributed by atoms with Crippen molar-refractivity contribution in [1.82, 2.24) is 0 Å². The van der Waals surface area contributed by atoms with Crippen molar-refractivity contribution in [3.63, 3.8) is 0 Å². The fourth-order valence-electron chi connectivity index (χ4n) is 1.06. The Bertz CT molecular complexity index is 498. The van der Waals surface area contributed by atoms with Gasteiger partial charge in [0.15, 0.2) is 0 Å². The molecule has 0 aliphatic rings. The Morgan fingerprint density at radius 1 is 1.06 bits per heavy atom. The minimum atomic E-state index is -1.77. The lowest BCUT2D eigenvalue weighted by Gasteiger charge is -2.13. The first-order chi connectivity index (χ1) is 7.50. The maximum Gasteiger partial charge on any atom is 0.240 e. The predicted octanol–water partition coefficient (Wildman–Crippen LogP) is 3.45. The first-order valence-corrected chi connectivity index (χ1v) is 5.00. The van der Waals surface area contributed by atoms with E-state index in [0.717, 1.165) is 0 Å². The van der Waals surface area contributed by atoms with E-state index in [4.69, 9.17) is 34.8 Å². The second-order valence-corrected chi connectivity index (χ2v) is 4.86. The van der Waals surface area contributed by atoms with Crippen LogP contribution >= 0.6 is 34.8 Å². The van der Waals surface area contributed by atoms with Crippen molar-refractivity contribution in [2.45, 2.75) is 3.79 Å². The van der Waals surface area contributed by atoms with Crippen molar-refractivity contribution < 1.29 is 9.59 Å². The average molecular weight is 277 g/mol. The Morgan fingerprint density at radius 2 is 1.69 bits per heavy atom. The van der Waals surface area contributed by atoms with Crippen LogP contribution in [0.1, 0.15) is 5.56 Å². The molecule has 0 aliphatic carbocycles. The fourth-order valence-corrected chi connectivity index (χ4v) is 1.52. The SMILES string of the molecule is O=C=Nc1cccc(C(Cl)(Cl)Cl)c1N=C=O. The van der Waals surface area contributed by atoms with Crippen LogP contribution in [-0.4, -0.2) is 12.2 Å². The molecular formula is C9H3Cl3N2O2. The Balaban J connectivity index is 3.56. The van der Waals surface area contributed by atoms with E-state index in [9.17, 15) is 9.59 Å². The number of nitrogens with zero attached hydrogens (tertiary/aromatic N) is 2. The maximum absolute atomic E-state index is 10.2. The zero-order valence-electron chi connectivity index (χ0n) is 7.58. The molecule has 0 aliphatic heterocycles. The van der Waals surface area contributed by atoms with Crippen molar-refractivity contribution in [2.24, 2.45) is 9.98 Å². The van der Waals surface area contributed by atoms with E-state index >= 15 is 0 Å². The quantitative estimate of drug-likeness (QED) is 0.472. The molecule has 0 amide bonds. The molecule has 16 heavy (non-hydrogen) atoms. The molecular weight excluding hydrogens is 274 g/mol. The largest absolute Gasteiger partial charge is 0.240 e. The molecule has 0 radical (unpaired) electrons. The summed E-state index contributed by atoms with van der Waals surface area (Å²) in [5.74, 6) is 0. The summed E-state index contributed by atoms with van der Waals surface area (Å²) in [6.07, 6.45) is 2.62. The van der Waals surface area contributed by atoms with Crippen molar-refractivity contribution in [1.29, 1.82) is 0 Å². The first-order valence-electron chi connectivity index (χ1n) is 3.86. The molecule has 1 aromatic carbocycles. The zero-order chi connectivity index (χ0) is 12.2. The van der Waals surface area contributed by atoms with Crippen molar-refractivity contribution >= 4 is 58.3 Å². The number of benzene rings is 1. The van der Waals surface area contributed by atoms with Crippen molar-refractivity contribution in [3.8, 4) is 0 Å². The molecule has 0 unspecified atom stereocenters. The Morgan fingerprint density at radius 3 is 2.19 bits per heavy atom. The summed E-state index contributed by atoms with van der Waals surface area (Å²) in [4.78, 5) is 27.1.